The molecule has 0 saturated carbocycles. The summed E-state index contributed by atoms with van der Waals surface area (Å²) in [4.78, 5) is 23.0. The van der Waals surface area contributed by atoms with Crippen LogP contribution in [0.4, 0.5) is 0 Å². The fourth-order valence-electron chi connectivity index (χ4n) is 3.21. The van der Waals surface area contributed by atoms with Gasteiger partial charge in [0.25, 0.3) is 0 Å². The summed E-state index contributed by atoms with van der Waals surface area (Å²) >= 11 is 1.61. The molecule has 1 aliphatic heterocycles. The van der Waals surface area contributed by atoms with E-state index in [1.807, 2.05) is 30.3 Å². The third-order valence-electron chi connectivity index (χ3n) is 4.45. The van der Waals surface area contributed by atoms with Crippen molar-refractivity contribution in [3.8, 4) is 0 Å². The van der Waals surface area contributed by atoms with Gasteiger partial charge in [-0.05, 0) is 56.7 Å². The number of hydrogen-bond donors (Lipinski definition) is 0. The van der Waals surface area contributed by atoms with E-state index in [9.17, 15) is 4.79 Å². The van der Waals surface area contributed by atoms with Gasteiger partial charge >= 0.3 is 0 Å². The minimum atomic E-state index is 0.216. The number of rotatable bonds is 4. The molecule has 1 fully saturated rings. The Balaban J connectivity index is 1.49. The van der Waals surface area contributed by atoms with Gasteiger partial charge in [-0.2, -0.15) is 0 Å². The second-order valence-electron chi connectivity index (χ2n) is 6.37. The van der Waals surface area contributed by atoms with Gasteiger partial charge in [-0.15, -0.1) is 11.3 Å². The summed E-state index contributed by atoms with van der Waals surface area (Å²) in [6.07, 6.45) is 5.60. The number of pyridine rings is 1. The minimum absolute atomic E-state index is 0.216. The fourth-order valence-corrected chi connectivity index (χ4v) is 3.82. The van der Waals surface area contributed by atoms with E-state index in [2.05, 4.69) is 22.1 Å². The molecule has 122 valence electrons. The number of likely N-dealkylation sites (tertiary alicyclic amines) is 1. The van der Waals surface area contributed by atoms with E-state index in [1.54, 1.807) is 11.3 Å². The molecule has 0 radical (unpaired) electrons. The Hall–Kier alpha value is -1.75. The van der Waals surface area contributed by atoms with Crippen LogP contribution in [0.5, 0.6) is 0 Å². The van der Waals surface area contributed by atoms with Crippen LogP contribution in [0.15, 0.2) is 23.7 Å². The highest BCUT2D eigenvalue weighted by Gasteiger charge is 2.23. The van der Waals surface area contributed by atoms with Crippen LogP contribution in [0.3, 0.4) is 0 Å². The van der Waals surface area contributed by atoms with Gasteiger partial charge in [0, 0.05) is 30.4 Å². The number of aryl methyl sites for hydroxylation is 2. The van der Waals surface area contributed by atoms with Gasteiger partial charge in [0.05, 0.1) is 17.1 Å². The van der Waals surface area contributed by atoms with Crippen molar-refractivity contribution in [2.45, 2.75) is 39.5 Å². The molecule has 3 heterocycles. The van der Waals surface area contributed by atoms with Crippen LogP contribution in [-0.2, 0) is 17.6 Å². The van der Waals surface area contributed by atoms with Crippen molar-refractivity contribution < 1.29 is 4.79 Å². The molecular weight excluding hydrogens is 306 g/mol. The van der Waals surface area contributed by atoms with E-state index in [0.717, 1.165) is 48.7 Å². The number of carbonyl (C=O) groups is 1. The molecular formula is C18H23N3OS. The number of aromatic nitrogens is 2. The number of nitrogens with zero attached hydrogens (tertiary/aromatic N) is 3. The van der Waals surface area contributed by atoms with E-state index >= 15 is 0 Å². The van der Waals surface area contributed by atoms with E-state index in [1.165, 1.54) is 5.56 Å². The Morgan fingerprint density at radius 3 is 2.78 bits per heavy atom. The van der Waals surface area contributed by atoms with Crippen LogP contribution in [0.1, 0.15) is 34.8 Å². The maximum Gasteiger partial charge on any atom is 0.228 e. The van der Waals surface area contributed by atoms with Gasteiger partial charge in [-0.1, -0.05) is 0 Å². The van der Waals surface area contributed by atoms with Gasteiger partial charge in [0.1, 0.15) is 0 Å². The molecule has 0 aromatic carbocycles. The van der Waals surface area contributed by atoms with Crippen molar-refractivity contribution in [1.82, 2.24) is 14.9 Å². The predicted octanol–water partition coefficient (Wildman–Crippen LogP) is 3.18. The Morgan fingerprint density at radius 2 is 2.13 bits per heavy atom. The summed E-state index contributed by atoms with van der Waals surface area (Å²) in [5, 5.41) is 3.02. The second-order valence-corrected chi connectivity index (χ2v) is 7.43. The first-order valence-electron chi connectivity index (χ1n) is 8.20. The molecule has 1 saturated heterocycles. The van der Waals surface area contributed by atoms with Crippen molar-refractivity contribution in [1.29, 1.82) is 0 Å². The molecule has 0 unspecified atom stereocenters. The number of carbonyl (C=O) groups excluding carboxylic acids is 1. The Kier molecular flexibility index (Phi) is 5.06. The molecule has 3 rings (SSSR count). The molecule has 0 bridgehead atoms. The van der Waals surface area contributed by atoms with Crippen LogP contribution in [0.2, 0.25) is 0 Å². The van der Waals surface area contributed by atoms with Crippen molar-refractivity contribution in [3.63, 3.8) is 0 Å². The molecule has 0 spiro atoms. The third-order valence-corrected chi connectivity index (χ3v) is 5.27. The van der Waals surface area contributed by atoms with Crippen molar-refractivity contribution in [2.75, 3.05) is 13.1 Å². The lowest BCUT2D eigenvalue weighted by atomic mass is 9.90. The van der Waals surface area contributed by atoms with Crippen molar-refractivity contribution in [2.24, 2.45) is 5.92 Å². The maximum absolute atomic E-state index is 12.4. The number of thiazole rings is 1. The zero-order valence-corrected chi connectivity index (χ0v) is 14.6. The van der Waals surface area contributed by atoms with E-state index in [0.29, 0.717) is 12.3 Å². The molecule has 0 atom stereocenters. The average molecular weight is 329 g/mol. The van der Waals surface area contributed by atoms with Crippen LogP contribution in [0.25, 0.3) is 0 Å². The summed E-state index contributed by atoms with van der Waals surface area (Å²) in [5.41, 5.74) is 3.35. The summed E-state index contributed by atoms with van der Waals surface area (Å²) in [6, 6.07) is 4.27. The summed E-state index contributed by atoms with van der Waals surface area (Å²) in [7, 11) is 0. The topological polar surface area (TPSA) is 46.1 Å². The molecule has 23 heavy (non-hydrogen) atoms. The van der Waals surface area contributed by atoms with Gasteiger partial charge in [0.15, 0.2) is 0 Å². The zero-order chi connectivity index (χ0) is 16.2. The minimum Gasteiger partial charge on any atom is -0.342 e. The second kappa shape index (κ2) is 7.21. The SMILES string of the molecule is Cc1cc(CC2CCN(C(=O)Cc3csc(C)n3)CC2)ccn1. The molecule has 5 heteroatoms. The van der Waals surface area contributed by atoms with Crippen molar-refractivity contribution >= 4 is 17.2 Å². The summed E-state index contributed by atoms with van der Waals surface area (Å²) in [6.45, 7) is 5.75. The monoisotopic (exact) mass is 329 g/mol. The van der Waals surface area contributed by atoms with Crippen LogP contribution in [0, 0.1) is 19.8 Å². The van der Waals surface area contributed by atoms with Gasteiger partial charge in [-0.3, -0.25) is 9.78 Å². The van der Waals surface area contributed by atoms with Crippen LogP contribution < -0.4 is 0 Å². The molecule has 2 aromatic heterocycles. The normalized spacial score (nSPS) is 15.8. The predicted molar refractivity (Wildman–Crippen MR) is 92.5 cm³/mol. The lowest BCUT2D eigenvalue weighted by molar-refractivity contribution is -0.131. The average Bonchev–Trinajstić information content (AvgIpc) is 2.93. The van der Waals surface area contributed by atoms with Crippen LogP contribution in [-0.4, -0.2) is 33.9 Å². The largest absolute Gasteiger partial charge is 0.342 e. The van der Waals surface area contributed by atoms with E-state index in [-0.39, 0.29) is 5.91 Å². The molecule has 1 aliphatic rings. The Labute approximate surface area is 141 Å². The van der Waals surface area contributed by atoms with Gasteiger partial charge in [0.2, 0.25) is 5.91 Å². The Bertz CT molecular complexity index is 674. The lowest BCUT2D eigenvalue weighted by Gasteiger charge is -2.32. The molecule has 4 nitrogen and oxygen atoms in total. The lowest BCUT2D eigenvalue weighted by Crippen LogP contribution is -2.39. The summed E-state index contributed by atoms with van der Waals surface area (Å²) < 4.78 is 0. The first-order chi connectivity index (χ1) is 11.1. The molecule has 1 amide bonds. The highest BCUT2D eigenvalue weighted by molar-refractivity contribution is 7.09. The van der Waals surface area contributed by atoms with E-state index < -0.39 is 0 Å². The van der Waals surface area contributed by atoms with Gasteiger partial charge < -0.3 is 4.90 Å². The summed E-state index contributed by atoms with van der Waals surface area (Å²) in [5.74, 6) is 0.885. The number of hydrogen-bond acceptors (Lipinski definition) is 4. The van der Waals surface area contributed by atoms with Gasteiger partial charge in [-0.25, -0.2) is 4.98 Å². The zero-order valence-electron chi connectivity index (χ0n) is 13.8. The number of piperidine rings is 1. The standard InChI is InChI=1S/C18H23N3OS/c1-13-9-16(3-6-19-13)10-15-4-7-21(8-5-15)18(22)11-17-12-23-14(2)20-17/h3,6,9,12,15H,4-5,7-8,10-11H2,1-2H3. The smallest absolute Gasteiger partial charge is 0.228 e. The first kappa shape index (κ1) is 16.1. The molecule has 0 N–H and O–H groups in total. The highest BCUT2D eigenvalue weighted by Crippen LogP contribution is 2.22. The van der Waals surface area contributed by atoms with E-state index in [4.69, 9.17) is 0 Å². The quantitative estimate of drug-likeness (QED) is 0.865. The highest BCUT2D eigenvalue weighted by atomic mass is 32.1. The first-order valence-corrected chi connectivity index (χ1v) is 9.08. The third kappa shape index (κ3) is 4.38. The fraction of sp³-hybridized carbons (Fsp3) is 0.500. The van der Waals surface area contributed by atoms with Crippen molar-refractivity contribution in [3.05, 3.63) is 45.7 Å². The molecule has 0 aliphatic carbocycles. The Morgan fingerprint density at radius 1 is 1.35 bits per heavy atom. The van der Waals surface area contributed by atoms with Crippen LogP contribution >= 0.6 is 11.3 Å². The molecule has 2 aromatic rings. The maximum atomic E-state index is 12.4. The number of amides is 1.